The van der Waals surface area contributed by atoms with Crippen LogP contribution < -0.4 is 5.73 Å². The molecule has 0 fully saturated rings. The molecule has 2 aromatic rings. The van der Waals surface area contributed by atoms with E-state index in [0.29, 0.717) is 17.0 Å². The largest absolute Gasteiger partial charge is 0.443 e. The lowest BCUT2D eigenvalue weighted by atomic mass is 10.1. The summed E-state index contributed by atoms with van der Waals surface area (Å²) < 4.78 is 37.0. The van der Waals surface area contributed by atoms with Gasteiger partial charge in [0.15, 0.2) is 5.01 Å². The summed E-state index contributed by atoms with van der Waals surface area (Å²) in [6.07, 6.45) is -3.60. The van der Waals surface area contributed by atoms with Gasteiger partial charge in [0.1, 0.15) is 0 Å². The van der Waals surface area contributed by atoms with E-state index in [2.05, 4.69) is 4.98 Å². The topological polar surface area (TPSA) is 56.0 Å². The third-order valence-corrected chi connectivity index (χ3v) is 3.16. The minimum atomic E-state index is -4.53. The van der Waals surface area contributed by atoms with Crippen LogP contribution in [0.3, 0.4) is 0 Å². The summed E-state index contributed by atoms with van der Waals surface area (Å²) in [5, 5.41) is -1.03. The van der Waals surface area contributed by atoms with Crippen molar-refractivity contribution in [1.82, 2.24) is 4.98 Å². The van der Waals surface area contributed by atoms with Gasteiger partial charge in [-0.05, 0) is 12.1 Å². The number of alkyl halides is 3. The normalized spacial score (nSPS) is 11.5. The molecule has 2 N–H and O–H groups in total. The van der Waals surface area contributed by atoms with Crippen LogP contribution in [-0.2, 0) is 6.18 Å². The summed E-state index contributed by atoms with van der Waals surface area (Å²) in [5.41, 5.74) is 6.12. The highest BCUT2D eigenvalue weighted by atomic mass is 32.1. The number of halogens is 3. The molecule has 94 valence electrons. The Hall–Kier alpha value is -1.89. The second-order valence-electron chi connectivity index (χ2n) is 3.48. The van der Waals surface area contributed by atoms with E-state index in [1.54, 1.807) is 12.1 Å². The van der Waals surface area contributed by atoms with Crippen LogP contribution in [0.2, 0.25) is 0 Å². The van der Waals surface area contributed by atoms with Gasteiger partial charge in [0.05, 0.1) is 4.88 Å². The Morgan fingerprint density at radius 3 is 2.61 bits per heavy atom. The zero-order valence-electron chi connectivity index (χ0n) is 8.86. The number of anilines is 1. The number of ketones is 1. The number of benzene rings is 1. The molecule has 0 unspecified atom stereocenters. The zero-order valence-corrected chi connectivity index (χ0v) is 9.68. The van der Waals surface area contributed by atoms with Crippen LogP contribution in [0, 0.1) is 0 Å². The van der Waals surface area contributed by atoms with Crippen molar-refractivity contribution in [2.24, 2.45) is 0 Å². The lowest BCUT2D eigenvalue weighted by Gasteiger charge is -2.00. The second kappa shape index (κ2) is 4.41. The Balaban J connectivity index is 2.33. The third-order valence-electron chi connectivity index (χ3n) is 2.12. The summed E-state index contributed by atoms with van der Waals surface area (Å²) in [6, 6.07) is 6.06. The van der Waals surface area contributed by atoms with Gasteiger partial charge in [0.2, 0.25) is 5.78 Å². The first kappa shape index (κ1) is 12.6. The molecule has 3 nitrogen and oxygen atoms in total. The van der Waals surface area contributed by atoms with Gasteiger partial charge in [-0.3, -0.25) is 4.79 Å². The number of rotatable bonds is 2. The Kier molecular flexibility index (Phi) is 3.08. The number of nitrogens with two attached hydrogens (primary N) is 1. The summed E-state index contributed by atoms with van der Waals surface area (Å²) in [5.74, 6) is -0.518. The van der Waals surface area contributed by atoms with Crippen molar-refractivity contribution in [3.05, 3.63) is 45.9 Å². The summed E-state index contributed by atoms with van der Waals surface area (Å²) in [4.78, 5) is 15.0. The predicted octanol–water partition coefficient (Wildman–Crippen LogP) is 2.98. The van der Waals surface area contributed by atoms with Crippen molar-refractivity contribution in [2.75, 3.05) is 5.73 Å². The van der Waals surface area contributed by atoms with E-state index in [-0.39, 0.29) is 10.4 Å². The van der Waals surface area contributed by atoms with Crippen molar-refractivity contribution in [2.45, 2.75) is 6.18 Å². The molecule has 0 saturated carbocycles. The molecule has 0 spiro atoms. The third kappa shape index (κ3) is 2.51. The van der Waals surface area contributed by atoms with Crippen LogP contribution in [0.4, 0.5) is 18.9 Å². The van der Waals surface area contributed by atoms with E-state index in [4.69, 9.17) is 5.73 Å². The standard InChI is InChI=1S/C11H7F3N2OS/c12-11(13,14)10-16-5-8(18-10)9(17)6-2-1-3-7(15)4-6/h1-5H,15H2. The quantitative estimate of drug-likeness (QED) is 0.675. The van der Waals surface area contributed by atoms with Crippen LogP contribution in [0.25, 0.3) is 0 Å². The molecule has 0 aliphatic rings. The molecule has 0 bridgehead atoms. The van der Waals surface area contributed by atoms with Gasteiger partial charge in [0.25, 0.3) is 0 Å². The predicted molar refractivity (Wildman–Crippen MR) is 61.4 cm³/mol. The first-order valence-corrected chi connectivity index (χ1v) is 5.63. The lowest BCUT2D eigenvalue weighted by molar-refractivity contribution is -0.137. The Labute approximate surface area is 104 Å². The van der Waals surface area contributed by atoms with Crippen molar-refractivity contribution < 1.29 is 18.0 Å². The number of nitrogens with zero attached hydrogens (tertiary/aromatic N) is 1. The van der Waals surface area contributed by atoms with Gasteiger partial charge in [-0.2, -0.15) is 13.2 Å². The highest BCUT2D eigenvalue weighted by molar-refractivity contribution is 7.13. The molecule has 1 heterocycles. The van der Waals surface area contributed by atoms with Crippen LogP contribution in [0.15, 0.2) is 30.5 Å². The van der Waals surface area contributed by atoms with E-state index in [9.17, 15) is 18.0 Å². The average Bonchev–Trinajstić information content (AvgIpc) is 2.77. The Morgan fingerprint density at radius 2 is 2.06 bits per heavy atom. The number of carbonyl (C=O) groups is 1. The lowest BCUT2D eigenvalue weighted by Crippen LogP contribution is -2.03. The summed E-state index contributed by atoms with van der Waals surface area (Å²) in [6.45, 7) is 0. The van der Waals surface area contributed by atoms with Gasteiger partial charge in [-0.25, -0.2) is 4.98 Å². The minimum absolute atomic E-state index is 0.0621. The highest BCUT2D eigenvalue weighted by Crippen LogP contribution is 2.33. The van der Waals surface area contributed by atoms with E-state index in [1.165, 1.54) is 12.1 Å². The van der Waals surface area contributed by atoms with Crippen LogP contribution >= 0.6 is 11.3 Å². The fourth-order valence-corrected chi connectivity index (χ4v) is 2.08. The molecular weight excluding hydrogens is 265 g/mol. The molecular formula is C11H7F3N2OS. The molecule has 0 saturated heterocycles. The Bertz CT molecular complexity index is 592. The molecule has 0 amide bonds. The molecule has 1 aromatic heterocycles. The van der Waals surface area contributed by atoms with Gasteiger partial charge >= 0.3 is 6.18 Å². The molecule has 0 radical (unpaired) electrons. The van der Waals surface area contributed by atoms with Crippen LogP contribution in [-0.4, -0.2) is 10.8 Å². The fraction of sp³-hybridized carbons (Fsp3) is 0.0909. The summed E-state index contributed by atoms with van der Waals surface area (Å²) >= 11 is 0.322. The maximum atomic E-state index is 12.3. The van der Waals surface area contributed by atoms with Crippen molar-refractivity contribution in [3.8, 4) is 0 Å². The smallest absolute Gasteiger partial charge is 0.399 e. The van der Waals surface area contributed by atoms with E-state index in [1.807, 2.05) is 0 Å². The number of thiazole rings is 1. The average molecular weight is 272 g/mol. The number of carbonyl (C=O) groups excluding carboxylic acids is 1. The first-order chi connectivity index (χ1) is 8.38. The van der Waals surface area contributed by atoms with Gasteiger partial charge in [0, 0.05) is 17.4 Å². The number of hydrogen-bond donors (Lipinski definition) is 1. The Morgan fingerprint density at radius 1 is 1.33 bits per heavy atom. The monoisotopic (exact) mass is 272 g/mol. The fourth-order valence-electron chi connectivity index (χ4n) is 1.33. The maximum Gasteiger partial charge on any atom is 0.443 e. The first-order valence-electron chi connectivity index (χ1n) is 4.81. The number of nitrogen functional groups attached to an aromatic ring is 1. The molecule has 2 rings (SSSR count). The highest BCUT2D eigenvalue weighted by Gasteiger charge is 2.35. The van der Waals surface area contributed by atoms with Crippen molar-refractivity contribution >= 4 is 22.8 Å². The van der Waals surface area contributed by atoms with Crippen LogP contribution in [0.5, 0.6) is 0 Å². The second-order valence-corrected chi connectivity index (χ2v) is 4.51. The molecule has 18 heavy (non-hydrogen) atoms. The van der Waals surface area contributed by atoms with E-state index in [0.717, 1.165) is 6.20 Å². The maximum absolute atomic E-state index is 12.3. The number of hydrogen-bond acceptors (Lipinski definition) is 4. The molecule has 0 aliphatic carbocycles. The van der Waals surface area contributed by atoms with E-state index >= 15 is 0 Å². The van der Waals surface area contributed by atoms with Crippen molar-refractivity contribution in [1.29, 1.82) is 0 Å². The van der Waals surface area contributed by atoms with E-state index < -0.39 is 17.0 Å². The minimum Gasteiger partial charge on any atom is -0.399 e. The van der Waals surface area contributed by atoms with Gasteiger partial charge in [-0.1, -0.05) is 12.1 Å². The molecule has 1 aromatic carbocycles. The van der Waals surface area contributed by atoms with Crippen molar-refractivity contribution in [3.63, 3.8) is 0 Å². The SMILES string of the molecule is Nc1cccc(C(=O)c2cnc(C(F)(F)F)s2)c1. The molecule has 7 heteroatoms. The molecule has 0 atom stereocenters. The van der Waals surface area contributed by atoms with Crippen LogP contribution in [0.1, 0.15) is 20.2 Å². The zero-order chi connectivity index (χ0) is 13.3. The summed E-state index contributed by atoms with van der Waals surface area (Å²) in [7, 11) is 0. The number of aromatic nitrogens is 1. The van der Waals surface area contributed by atoms with Gasteiger partial charge in [-0.15, -0.1) is 11.3 Å². The van der Waals surface area contributed by atoms with Gasteiger partial charge < -0.3 is 5.73 Å². The molecule has 0 aliphatic heterocycles.